The maximum absolute atomic E-state index is 11.9. The van der Waals surface area contributed by atoms with E-state index in [4.69, 9.17) is 0 Å². The summed E-state index contributed by atoms with van der Waals surface area (Å²) >= 11 is 0. The highest BCUT2D eigenvalue weighted by molar-refractivity contribution is 5.81. The van der Waals surface area contributed by atoms with Gasteiger partial charge in [0.1, 0.15) is 0 Å². The van der Waals surface area contributed by atoms with Crippen LogP contribution in [-0.2, 0) is 17.6 Å². The first kappa shape index (κ1) is 15.0. The van der Waals surface area contributed by atoms with Gasteiger partial charge in [0, 0.05) is 12.6 Å². The third kappa shape index (κ3) is 3.60. The van der Waals surface area contributed by atoms with Crippen molar-refractivity contribution in [1.29, 1.82) is 0 Å². The number of hydrogen-bond acceptors (Lipinski definition) is 2. The fourth-order valence-corrected chi connectivity index (χ4v) is 2.81. The Morgan fingerprint density at radius 3 is 2.75 bits per heavy atom. The van der Waals surface area contributed by atoms with E-state index in [0.29, 0.717) is 0 Å². The van der Waals surface area contributed by atoms with E-state index < -0.39 is 0 Å². The van der Waals surface area contributed by atoms with Crippen molar-refractivity contribution < 1.29 is 4.79 Å². The molecule has 3 nitrogen and oxygen atoms in total. The fourth-order valence-electron chi connectivity index (χ4n) is 2.81. The van der Waals surface area contributed by atoms with E-state index in [1.807, 2.05) is 6.92 Å². The molecule has 1 aromatic carbocycles. The molecule has 0 fully saturated rings. The second-order valence-corrected chi connectivity index (χ2v) is 5.78. The van der Waals surface area contributed by atoms with Crippen molar-refractivity contribution in [3.05, 3.63) is 34.9 Å². The van der Waals surface area contributed by atoms with E-state index in [-0.39, 0.29) is 18.0 Å². The van der Waals surface area contributed by atoms with Crippen molar-refractivity contribution in [1.82, 2.24) is 10.6 Å². The molecule has 1 aliphatic rings. The SMILES string of the molecule is CCCNC(=O)C(C)NC(C)c1ccc2c(c1)CCC2. The van der Waals surface area contributed by atoms with E-state index in [9.17, 15) is 4.79 Å². The summed E-state index contributed by atoms with van der Waals surface area (Å²) in [7, 11) is 0. The molecule has 0 aliphatic heterocycles. The minimum atomic E-state index is -0.162. The molecule has 0 saturated heterocycles. The van der Waals surface area contributed by atoms with Crippen LogP contribution in [0.1, 0.15) is 56.3 Å². The Labute approximate surface area is 122 Å². The summed E-state index contributed by atoms with van der Waals surface area (Å²) in [5.74, 6) is 0.0832. The van der Waals surface area contributed by atoms with E-state index in [1.165, 1.54) is 36.0 Å². The molecule has 2 N–H and O–H groups in total. The number of nitrogens with one attached hydrogen (secondary N) is 2. The fraction of sp³-hybridized carbons (Fsp3) is 0.588. The molecule has 0 radical (unpaired) electrons. The van der Waals surface area contributed by atoms with Gasteiger partial charge in [0.2, 0.25) is 5.91 Å². The third-order valence-electron chi connectivity index (χ3n) is 4.07. The average molecular weight is 274 g/mol. The van der Waals surface area contributed by atoms with Gasteiger partial charge in [-0.1, -0.05) is 25.1 Å². The second-order valence-electron chi connectivity index (χ2n) is 5.78. The van der Waals surface area contributed by atoms with E-state index >= 15 is 0 Å². The van der Waals surface area contributed by atoms with Crippen LogP contribution in [0.3, 0.4) is 0 Å². The van der Waals surface area contributed by atoms with Gasteiger partial charge in [0.05, 0.1) is 6.04 Å². The summed E-state index contributed by atoms with van der Waals surface area (Å²) in [5, 5.41) is 6.31. The molecule has 3 heteroatoms. The number of carbonyl (C=O) groups is 1. The lowest BCUT2D eigenvalue weighted by Crippen LogP contribution is -2.43. The van der Waals surface area contributed by atoms with Crippen LogP contribution in [0.2, 0.25) is 0 Å². The lowest BCUT2D eigenvalue weighted by molar-refractivity contribution is -0.122. The van der Waals surface area contributed by atoms with Gasteiger partial charge < -0.3 is 5.32 Å². The van der Waals surface area contributed by atoms with Crippen LogP contribution in [0.15, 0.2) is 18.2 Å². The molecule has 1 amide bonds. The highest BCUT2D eigenvalue weighted by atomic mass is 16.2. The van der Waals surface area contributed by atoms with Crippen LogP contribution in [0.5, 0.6) is 0 Å². The van der Waals surface area contributed by atoms with E-state index in [1.54, 1.807) is 0 Å². The van der Waals surface area contributed by atoms with Crippen molar-refractivity contribution in [3.63, 3.8) is 0 Å². The normalized spacial score (nSPS) is 16.6. The number of fused-ring (bicyclic) bond motifs is 1. The van der Waals surface area contributed by atoms with Crippen molar-refractivity contribution in [2.75, 3.05) is 6.54 Å². The molecule has 0 aromatic heterocycles. The number of hydrogen-bond donors (Lipinski definition) is 2. The van der Waals surface area contributed by atoms with Crippen molar-refractivity contribution in [3.8, 4) is 0 Å². The molecule has 0 bridgehead atoms. The number of rotatable bonds is 6. The molecule has 20 heavy (non-hydrogen) atoms. The van der Waals surface area contributed by atoms with Gasteiger partial charge in [-0.25, -0.2) is 0 Å². The summed E-state index contributed by atoms with van der Waals surface area (Å²) in [4.78, 5) is 11.9. The van der Waals surface area contributed by atoms with Crippen LogP contribution in [-0.4, -0.2) is 18.5 Å². The van der Waals surface area contributed by atoms with Gasteiger partial charge in [-0.2, -0.15) is 0 Å². The Kier molecular flexibility index (Phi) is 5.18. The van der Waals surface area contributed by atoms with E-state index in [2.05, 4.69) is 42.7 Å². The zero-order chi connectivity index (χ0) is 14.5. The van der Waals surface area contributed by atoms with Crippen LogP contribution < -0.4 is 10.6 Å². The summed E-state index contributed by atoms with van der Waals surface area (Å²) in [5.41, 5.74) is 4.26. The number of aryl methyl sites for hydroxylation is 2. The molecule has 2 unspecified atom stereocenters. The Hall–Kier alpha value is -1.35. The number of amides is 1. The molecule has 2 rings (SSSR count). The standard InChI is InChI=1S/C17H26N2O/c1-4-10-18-17(20)13(3)19-12(2)15-9-8-14-6-5-7-16(14)11-15/h8-9,11-13,19H,4-7,10H2,1-3H3,(H,18,20). The van der Waals surface area contributed by atoms with Crippen molar-refractivity contribution >= 4 is 5.91 Å². The van der Waals surface area contributed by atoms with Crippen LogP contribution in [0.25, 0.3) is 0 Å². The van der Waals surface area contributed by atoms with Crippen molar-refractivity contribution in [2.45, 2.75) is 58.5 Å². The molecule has 110 valence electrons. The molecule has 1 aliphatic carbocycles. The first-order chi connectivity index (χ1) is 9.61. The Bertz CT molecular complexity index is 470. The quantitative estimate of drug-likeness (QED) is 0.837. The van der Waals surface area contributed by atoms with Crippen LogP contribution in [0, 0.1) is 0 Å². The first-order valence-electron chi connectivity index (χ1n) is 7.77. The van der Waals surface area contributed by atoms with Gasteiger partial charge in [-0.3, -0.25) is 10.1 Å². The zero-order valence-corrected chi connectivity index (χ0v) is 12.8. The average Bonchev–Trinajstić information content (AvgIpc) is 2.91. The lowest BCUT2D eigenvalue weighted by atomic mass is 10.0. The highest BCUT2D eigenvalue weighted by Gasteiger charge is 2.17. The Morgan fingerprint density at radius 2 is 2.00 bits per heavy atom. The van der Waals surface area contributed by atoms with Gasteiger partial charge in [0.15, 0.2) is 0 Å². The molecule has 0 spiro atoms. The van der Waals surface area contributed by atoms with E-state index in [0.717, 1.165) is 13.0 Å². The summed E-state index contributed by atoms with van der Waals surface area (Å²) < 4.78 is 0. The van der Waals surface area contributed by atoms with Gasteiger partial charge >= 0.3 is 0 Å². The van der Waals surface area contributed by atoms with Crippen LogP contribution in [0.4, 0.5) is 0 Å². The molecule has 0 heterocycles. The molecular weight excluding hydrogens is 248 g/mol. The largest absolute Gasteiger partial charge is 0.355 e. The van der Waals surface area contributed by atoms with Gasteiger partial charge in [0.25, 0.3) is 0 Å². The topological polar surface area (TPSA) is 41.1 Å². The second kappa shape index (κ2) is 6.89. The smallest absolute Gasteiger partial charge is 0.236 e. The van der Waals surface area contributed by atoms with Gasteiger partial charge in [-0.15, -0.1) is 0 Å². The number of benzene rings is 1. The first-order valence-corrected chi connectivity index (χ1v) is 7.77. The molecule has 0 saturated carbocycles. The third-order valence-corrected chi connectivity index (χ3v) is 4.07. The van der Waals surface area contributed by atoms with Gasteiger partial charge in [-0.05, 0) is 56.2 Å². The monoisotopic (exact) mass is 274 g/mol. The predicted molar refractivity (Wildman–Crippen MR) is 82.8 cm³/mol. The lowest BCUT2D eigenvalue weighted by Gasteiger charge is -2.20. The summed E-state index contributed by atoms with van der Waals surface area (Å²) in [6.07, 6.45) is 4.66. The van der Waals surface area contributed by atoms with Crippen LogP contribution >= 0.6 is 0 Å². The Balaban J connectivity index is 1.94. The summed E-state index contributed by atoms with van der Waals surface area (Å²) in [6.45, 7) is 6.86. The maximum Gasteiger partial charge on any atom is 0.236 e. The predicted octanol–water partition coefficient (Wildman–Crippen LogP) is 2.74. The molecule has 2 atom stereocenters. The molecule has 1 aromatic rings. The molecular formula is C17H26N2O. The zero-order valence-electron chi connectivity index (χ0n) is 12.8. The minimum Gasteiger partial charge on any atom is -0.355 e. The Morgan fingerprint density at radius 1 is 1.25 bits per heavy atom. The maximum atomic E-state index is 11.9. The highest BCUT2D eigenvalue weighted by Crippen LogP contribution is 2.25. The number of carbonyl (C=O) groups excluding carboxylic acids is 1. The minimum absolute atomic E-state index is 0.0832. The summed E-state index contributed by atoms with van der Waals surface area (Å²) in [6, 6.07) is 6.78. The van der Waals surface area contributed by atoms with Crippen molar-refractivity contribution in [2.24, 2.45) is 0 Å².